The highest BCUT2D eigenvalue weighted by atomic mass is 19.1. The monoisotopic (exact) mass is 193 g/mol. The smallest absolute Gasteiger partial charge is 0.217 e. The molecular formula is C11H12FNO. The Morgan fingerprint density at radius 1 is 1.57 bits per heavy atom. The van der Waals surface area contributed by atoms with Crippen LogP contribution in [-0.2, 0) is 11.2 Å². The van der Waals surface area contributed by atoms with Gasteiger partial charge in [-0.2, -0.15) is 0 Å². The highest BCUT2D eigenvalue weighted by molar-refractivity contribution is 5.73. The number of carbonyl (C=O) groups is 1. The Morgan fingerprint density at radius 2 is 2.36 bits per heavy atom. The summed E-state index contributed by atoms with van der Waals surface area (Å²) in [5.41, 5.74) is 2.07. The molecule has 1 amide bonds. The first-order valence-electron chi connectivity index (χ1n) is 4.72. The van der Waals surface area contributed by atoms with E-state index in [9.17, 15) is 9.18 Å². The number of hydrogen-bond donors (Lipinski definition) is 1. The summed E-state index contributed by atoms with van der Waals surface area (Å²) < 4.78 is 13.0. The molecule has 0 spiro atoms. The quantitative estimate of drug-likeness (QED) is 0.725. The summed E-state index contributed by atoms with van der Waals surface area (Å²) in [6.07, 6.45) is 1.79. The second-order valence-corrected chi connectivity index (χ2v) is 3.63. The predicted molar refractivity (Wildman–Crippen MR) is 51.3 cm³/mol. The van der Waals surface area contributed by atoms with Crippen LogP contribution in [0.4, 0.5) is 4.39 Å². The molecule has 1 aromatic carbocycles. The lowest BCUT2D eigenvalue weighted by molar-refractivity contribution is -0.119. The summed E-state index contributed by atoms with van der Waals surface area (Å²) in [7, 11) is 0. The molecule has 0 radical (unpaired) electrons. The van der Waals surface area contributed by atoms with Gasteiger partial charge in [0.25, 0.3) is 0 Å². The number of amides is 1. The molecule has 0 unspecified atom stereocenters. The van der Waals surface area contributed by atoms with Crippen LogP contribution in [0.5, 0.6) is 0 Å². The number of rotatable bonds is 1. The number of halogens is 1. The van der Waals surface area contributed by atoms with Crippen molar-refractivity contribution < 1.29 is 9.18 Å². The lowest BCUT2D eigenvalue weighted by atomic mass is 10.1. The first-order valence-corrected chi connectivity index (χ1v) is 4.72. The molecule has 0 aliphatic heterocycles. The molecule has 1 N–H and O–H groups in total. The zero-order valence-corrected chi connectivity index (χ0v) is 8.01. The molecule has 0 heterocycles. The highest BCUT2D eigenvalue weighted by Crippen LogP contribution is 2.31. The van der Waals surface area contributed by atoms with Crippen LogP contribution in [0, 0.1) is 5.82 Å². The lowest BCUT2D eigenvalue weighted by Gasteiger charge is -2.12. The van der Waals surface area contributed by atoms with E-state index in [1.165, 1.54) is 19.1 Å². The number of hydrogen-bond acceptors (Lipinski definition) is 1. The second kappa shape index (κ2) is 3.40. The molecule has 1 aromatic rings. The van der Waals surface area contributed by atoms with Crippen molar-refractivity contribution in [3.8, 4) is 0 Å². The van der Waals surface area contributed by atoms with Gasteiger partial charge in [-0.25, -0.2) is 4.39 Å². The minimum absolute atomic E-state index is 0.00167. The Kier molecular flexibility index (Phi) is 2.23. The molecule has 0 fully saturated rings. The van der Waals surface area contributed by atoms with Crippen molar-refractivity contribution in [1.29, 1.82) is 0 Å². The average molecular weight is 193 g/mol. The van der Waals surface area contributed by atoms with E-state index < -0.39 is 0 Å². The molecule has 14 heavy (non-hydrogen) atoms. The first-order chi connectivity index (χ1) is 6.66. The summed E-state index contributed by atoms with van der Waals surface area (Å²) >= 11 is 0. The predicted octanol–water partition coefficient (Wildman–Crippen LogP) is 1.95. The third-order valence-corrected chi connectivity index (χ3v) is 2.56. The molecule has 2 nitrogen and oxygen atoms in total. The molecule has 0 aromatic heterocycles. The molecule has 1 aliphatic carbocycles. The number of nitrogens with one attached hydrogen (secondary N) is 1. The van der Waals surface area contributed by atoms with Gasteiger partial charge in [0.1, 0.15) is 5.82 Å². The van der Waals surface area contributed by atoms with Gasteiger partial charge in [0.05, 0.1) is 6.04 Å². The summed E-state index contributed by atoms with van der Waals surface area (Å²) in [5, 5.41) is 2.82. The minimum atomic E-state index is -0.235. The Morgan fingerprint density at radius 3 is 3.07 bits per heavy atom. The van der Waals surface area contributed by atoms with Crippen LogP contribution in [0.2, 0.25) is 0 Å². The van der Waals surface area contributed by atoms with Crippen LogP contribution in [0.15, 0.2) is 18.2 Å². The molecule has 0 bridgehead atoms. The molecule has 0 saturated carbocycles. The molecular weight excluding hydrogens is 181 g/mol. The molecule has 0 saturated heterocycles. The van der Waals surface area contributed by atoms with Crippen molar-refractivity contribution in [2.24, 2.45) is 0 Å². The van der Waals surface area contributed by atoms with Gasteiger partial charge in [0.15, 0.2) is 0 Å². The van der Waals surface area contributed by atoms with E-state index >= 15 is 0 Å². The normalized spacial score (nSPS) is 19.1. The average Bonchev–Trinajstić information content (AvgIpc) is 2.47. The zero-order chi connectivity index (χ0) is 10.1. The van der Waals surface area contributed by atoms with Crippen molar-refractivity contribution >= 4 is 5.91 Å². The highest BCUT2D eigenvalue weighted by Gasteiger charge is 2.23. The van der Waals surface area contributed by atoms with Crippen LogP contribution < -0.4 is 5.32 Å². The molecule has 1 atom stereocenters. The molecule has 2 rings (SSSR count). The Labute approximate surface area is 82.1 Å². The van der Waals surface area contributed by atoms with Crippen LogP contribution in [0.25, 0.3) is 0 Å². The SMILES string of the molecule is CC(=O)N[C@H]1CCc2ccc(F)cc21. The summed E-state index contributed by atoms with van der Waals surface area (Å²) in [6, 6.07) is 4.78. The van der Waals surface area contributed by atoms with Gasteiger partial charge in [-0.15, -0.1) is 0 Å². The Bertz CT molecular complexity index is 376. The van der Waals surface area contributed by atoms with E-state index in [2.05, 4.69) is 5.32 Å². The van der Waals surface area contributed by atoms with E-state index in [1.807, 2.05) is 0 Å². The van der Waals surface area contributed by atoms with Crippen LogP contribution in [-0.4, -0.2) is 5.91 Å². The number of aryl methyl sites for hydroxylation is 1. The van der Waals surface area contributed by atoms with Gasteiger partial charge in [0, 0.05) is 6.92 Å². The summed E-state index contributed by atoms with van der Waals surface area (Å²) in [5.74, 6) is -0.298. The summed E-state index contributed by atoms with van der Waals surface area (Å²) in [6.45, 7) is 1.48. The Hall–Kier alpha value is -1.38. The van der Waals surface area contributed by atoms with E-state index in [1.54, 1.807) is 6.07 Å². The minimum Gasteiger partial charge on any atom is -0.350 e. The maximum absolute atomic E-state index is 13.0. The maximum Gasteiger partial charge on any atom is 0.217 e. The number of fused-ring (bicyclic) bond motifs is 1. The van der Waals surface area contributed by atoms with Crippen LogP contribution >= 0.6 is 0 Å². The van der Waals surface area contributed by atoms with Crippen LogP contribution in [0.1, 0.15) is 30.5 Å². The third-order valence-electron chi connectivity index (χ3n) is 2.56. The first kappa shape index (κ1) is 9.19. The zero-order valence-electron chi connectivity index (χ0n) is 8.01. The van der Waals surface area contributed by atoms with E-state index in [4.69, 9.17) is 0 Å². The largest absolute Gasteiger partial charge is 0.350 e. The molecule has 1 aliphatic rings. The van der Waals surface area contributed by atoms with Gasteiger partial charge >= 0.3 is 0 Å². The van der Waals surface area contributed by atoms with Crippen molar-refractivity contribution in [2.75, 3.05) is 0 Å². The molecule has 74 valence electrons. The van der Waals surface area contributed by atoms with Gasteiger partial charge in [0.2, 0.25) is 5.91 Å². The van der Waals surface area contributed by atoms with Gasteiger partial charge in [-0.05, 0) is 36.1 Å². The van der Waals surface area contributed by atoms with Crippen LogP contribution in [0.3, 0.4) is 0 Å². The topological polar surface area (TPSA) is 29.1 Å². The van der Waals surface area contributed by atoms with Crippen molar-refractivity contribution in [3.05, 3.63) is 35.1 Å². The fourth-order valence-corrected chi connectivity index (χ4v) is 1.97. The lowest BCUT2D eigenvalue weighted by Crippen LogP contribution is -2.24. The maximum atomic E-state index is 13.0. The second-order valence-electron chi connectivity index (χ2n) is 3.63. The van der Waals surface area contributed by atoms with Crippen molar-refractivity contribution in [2.45, 2.75) is 25.8 Å². The summed E-state index contributed by atoms with van der Waals surface area (Å²) in [4.78, 5) is 10.9. The fourth-order valence-electron chi connectivity index (χ4n) is 1.97. The number of carbonyl (C=O) groups excluding carboxylic acids is 1. The van der Waals surface area contributed by atoms with E-state index in [-0.39, 0.29) is 17.8 Å². The van der Waals surface area contributed by atoms with Crippen molar-refractivity contribution in [1.82, 2.24) is 5.32 Å². The molecule has 3 heteroatoms. The number of benzene rings is 1. The standard InChI is InChI=1S/C11H12FNO/c1-7(14)13-11-5-3-8-2-4-9(12)6-10(8)11/h2,4,6,11H,3,5H2,1H3,(H,13,14)/t11-/m0/s1. The van der Waals surface area contributed by atoms with Gasteiger partial charge in [-0.3, -0.25) is 4.79 Å². The Balaban J connectivity index is 2.28. The van der Waals surface area contributed by atoms with Gasteiger partial charge < -0.3 is 5.32 Å². The van der Waals surface area contributed by atoms with Gasteiger partial charge in [-0.1, -0.05) is 6.07 Å². The van der Waals surface area contributed by atoms with E-state index in [0.717, 1.165) is 24.0 Å². The van der Waals surface area contributed by atoms with Crippen molar-refractivity contribution in [3.63, 3.8) is 0 Å². The third kappa shape index (κ3) is 1.62. The van der Waals surface area contributed by atoms with E-state index in [0.29, 0.717) is 0 Å². The fraction of sp³-hybridized carbons (Fsp3) is 0.364.